The van der Waals surface area contributed by atoms with E-state index in [1.165, 1.54) is 12.3 Å². The number of rotatable bonds is 5. The first-order chi connectivity index (χ1) is 7.16. The van der Waals surface area contributed by atoms with Crippen LogP contribution in [0.25, 0.3) is 0 Å². The highest BCUT2D eigenvalue weighted by Gasteiger charge is 2.26. The van der Waals surface area contributed by atoms with Gasteiger partial charge in [0.15, 0.2) is 0 Å². The second kappa shape index (κ2) is 5.26. The Kier molecular flexibility index (Phi) is 4.00. The van der Waals surface area contributed by atoms with Crippen LogP contribution in [0.3, 0.4) is 0 Å². The number of carboxylic acid groups (broad SMARTS) is 1. The lowest BCUT2D eigenvalue weighted by Gasteiger charge is -2.17. The highest BCUT2D eigenvalue weighted by atomic mass is 16.4. The normalized spacial score (nSPS) is 14.2. The zero-order valence-corrected chi connectivity index (χ0v) is 8.21. The fourth-order valence-electron chi connectivity index (χ4n) is 1.33. The summed E-state index contributed by atoms with van der Waals surface area (Å²) in [5, 5.41) is 18.7. The summed E-state index contributed by atoms with van der Waals surface area (Å²) in [7, 11) is 0. The predicted octanol–water partition coefficient (Wildman–Crippen LogP) is 1.39. The van der Waals surface area contributed by atoms with Crippen molar-refractivity contribution < 1.29 is 15.0 Å². The van der Waals surface area contributed by atoms with Crippen molar-refractivity contribution in [3.8, 4) is 0 Å². The largest absolute Gasteiger partial charge is 0.481 e. The molecule has 0 fully saturated rings. The summed E-state index contributed by atoms with van der Waals surface area (Å²) in [6.07, 6.45) is 3.70. The number of allylic oxidation sites excluding steroid dienone is 1. The molecule has 80 valence electrons. The fourth-order valence-corrected chi connectivity index (χ4v) is 1.33. The summed E-state index contributed by atoms with van der Waals surface area (Å²) < 4.78 is 0. The van der Waals surface area contributed by atoms with E-state index in [2.05, 4.69) is 11.6 Å². The first-order valence-corrected chi connectivity index (χ1v) is 4.58. The first kappa shape index (κ1) is 11.4. The number of carboxylic acids is 1. The van der Waals surface area contributed by atoms with Crippen LogP contribution >= 0.6 is 0 Å². The Morgan fingerprint density at radius 2 is 2.40 bits per heavy atom. The van der Waals surface area contributed by atoms with Crippen molar-refractivity contribution in [1.29, 1.82) is 0 Å². The van der Waals surface area contributed by atoms with E-state index in [0.717, 1.165) is 0 Å². The molecular weight excluding hydrogens is 194 g/mol. The van der Waals surface area contributed by atoms with Crippen LogP contribution < -0.4 is 0 Å². The SMILES string of the molecule is C=CC[C@H](C(=O)O)[C@H](O)c1cccnc1. The molecule has 1 rings (SSSR count). The Bertz CT molecular complexity index is 337. The molecule has 1 heterocycles. The van der Waals surface area contributed by atoms with Crippen LogP contribution in [0.4, 0.5) is 0 Å². The van der Waals surface area contributed by atoms with Gasteiger partial charge in [-0.15, -0.1) is 6.58 Å². The van der Waals surface area contributed by atoms with Crippen molar-refractivity contribution >= 4 is 5.97 Å². The maximum absolute atomic E-state index is 10.9. The van der Waals surface area contributed by atoms with E-state index in [0.29, 0.717) is 5.56 Å². The summed E-state index contributed by atoms with van der Waals surface area (Å²) in [6, 6.07) is 3.31. The number of aliphatic hydroxyl groups excluding tert-OH is 1. The van der Waals surface area contributed by atoms with E-state index < -0.39 is 18.0 Å². The van der Waals surface area contributed by atoms with E-state index >= 15 is 0 Å². The molecule has 0 aliphatic rings. The number of pyridine rings is 1. The standard InChI is InChI=1S/C11H13NO3/c1-2-4-9(11(14)15)10(13)8-5-3-6-12-7-8/h2-3,5-7,9-10,13H,1,4H2,(H,14,15)/t9-,10+/m0/s1. The van der Waals surface area contributed by atoms with Crippen molar-refractivity contribution in [3.63, 3.8) is 0 Å². The Morgan fingerprint density at radius 1 is 1.67 bits per heavy atom. The number of aliphatic hydroxyl groups is 1. The van der Waals surface area contributed by atoms with Gasteiger partial charge in [0.25, 0.3) is 0 Å². The zero-order valence-electron chi connectivity index (χ0n) is 8.21. The van der Waals surface area contributed by atoms with Gasteiger partial charge in [-0.1, -0.05) is 12.1 Å². The van der Waals surface area contributed by atoms with Crippen molar-refractivity contribution in [2.75, 3.05) is 0 Å². The number of aromatic nitrogens is 1. The third kappa shape index (κ3) is 2.89. The van der Waals surface area contributed by atoms with Gasteiger partial charge in [0.2, 0.25) is 0 Å². The Balaban J connectivity index is 2.85. The maximum atomic E-state index is 10.9. The lowest BCUT2D eigenvalue weighted by Crippen LogP contribution is -2.21. The molecule has 1 aromatic rings. The first-order valence-electron chi connectivity index (χ1n) is 4.58. The molecule has 0 aliphatic heterocycles. The van der Waals surface area contributed by atoms with Gasteiger partial charge in [0.05, 0.1) is 12.0 Å². The number of nitrogens with zero attached hydrogens (tertiary/aromatic N) is 1. The van der Waals surface area contributed by atoms with E-state index in [1.807, 2.05) is 0 Å². The summed E-state index contributed by atoms with van der Waals surface area (Å²) in [4.78, 5) is 14.7. The quantitative estimate of drug-likeness (QED) is 0.716. The van der Waals surface area contributed by atoms with Crippen LogP contribution in [0.5, 0.6) is 0 Å². The van der Waals surface area contributed by atoms with Crippen LogP contribution in [0.15, 0.2) is 37.2 Å². The number of carbonyl (C=O) groups is 1. The number of aliphatic carboxylic acids is 1. The Hall–Kier alpha value is -1.68. The van der Waals surface area contributed by atoms with Gasteiger partial charge >= 0.3 is 5.97 Å². The minimum atomic E-state index is -1.05. The molecule has 15 heavy (non-hydrogen) atoms. The highest BCUT2D eigenvalue weighted by Crippen LogP contribution is 2.24. The molecule has 0 radical (unpaired) electrons. The minimum Gasteiger partial charge on any atom is -0.481 e. The third-order valence-corrected chi connectivity index (χ3v) is 2.14. The lowest BCUT2D eigenvalue weighted by molar-refractivity contribution is -0.145. The summed E-state index contributed by atoms with van der Waals surface area (Å²) in [5.41, 5.74) is 0.506. The molecular formula is C11H13NO3. The molecule has 0 spiro atoms. The lowest BCUT2D eigenvalue weighted by atomic mass is 9.94. The van der Waals surface area contributed by atoms with Gasteiger partial charge in [-0.25, -0.2) is 0 Å². The molecule has 1 aromatic heterocycles. The van der Waals surface area contributed by atoms with Crippen LogP contribution in [0.2, 0.25) is 0 Å². The third-order valence-electron chi connectivity index (χ3n) is 2.14. The van der Waals surface area contributed by atoms with Crippen molar-refractivity contribution in [2.45, 2.75) is 12.5 Å². The van der Waals surface area contributed by atoms with Crippen LogP contribution in [-0.2, 0) is 4.79 Å². The van der Waals surface area contributed by atoms with Gasteiger partial charge in [-0.3, -0.25) is 9.78 Å². The molecule has 0 saturated heterocycles. The molecule has 0 bridgehead atoms. The van der Waals surface area contributed by atoms with Crippen molar-refractivity contribution in [1.82, 2.24) is 4.98 Å². The molecule has 0 unspecified atom stereocenters. The number of hydrogen-bond donors (Lipinski definition) is 2. The molecule has 0 aromatic carbocycles. The summed E-state index contributed by atoms with van der Waals surface area (Å²) in [5.74, 6) is -1.90. The summed E-state index contributed by atoms with van der Waals surface area (Å²) >= 11 is 0. The smallest absolute Gasteiger partial charge is 0.309 e. The second-order valence-corrected chi connectivity index (χ2v) is 3.20. The zero-order chi connectivity index (χ0) is 11.3. The molecule has 0 amide bonds. The predicted molar refractivity (Wildman–Crippen MR) is 55.1 cm³/mol. The van der Waals surface area contributed by atoms with E-state index in [-0.39, 0.29) is 6.42 Å². The Morgan fingerprint density at radius 3 is 2.87 bits per heavy atom. The Labute approximate surface area is 87.9 Å². The van der Waals surface area contributed by atoms with E-state index in [4.69, 9.17) is 5.11 Å². The van der Waals surface area contributed by atoms with Gasteiger partial charge in [-0.2, -0.15) is 0 Å². The molecule has 0 aliphatic carbocycles. The monoisotopic (exact) mass is 207 g/mol. The van der Waals surface area contributed by atoms with Gasteiger partial charge in [0.1, 0.15) is 0 Å². The van der Waals surface area contributed by atoms with Crippen LogP contribution in [-0.4, -0.2) is 21.2 Å². The minimum absolute atomic E-state index is 0.228. The molecule has 2 atom stereocenters. The summed E-state index contributed by atoms with van der Waals surface area (Å²) in [6.45, 7) is 3.47. The van der Waals surface area contributed by atoms with E-state index in [9.17, 15) is 9.90 Å². The van der Waals surface area contributed by atoms with E-state index in [1.54, 1.807) is 18.3 Å². The molecule has 4 heteroatoms. The van der Waals surface area contributed by atoms with Gasteiger partial charge in [0, 0.05) is 12.4 Å². The van der Waals surface area contributed by atoms with Crippen molar-refractivity contribution in [3.05, 3.63) is 42.7 Å². The van der Waals surface area contributed by atoms with Crippen LogP contribution in [0.1, 0.15) is 18.1 Å². The molecule has 2 N–H and O–H groups in total. The van der Waals surface area contributed by atoms with Crippen molar-refractivity contribution in [2.24, 2.45) is 5.92 Å². The molecule has 4 nitrogen and oxygen atoms in total. The van der Waals surface area contributed by atoms with Gasteiger partial charge in [-0.05, 0) is 18.1 Å². The fraction of sp³-hybridized carbons (Fsp3) is 0.273. The highest BCUT2D eigenvalue weighted by molar-refractivity contribution is 5.71. The number of hydrogen-bond acceptors (Lipinski definition) is 3. The van der Waals surface area contributed by atoms with Gasteiger partial charge < -0.3 is 10.2 Å². The maximum Gasteiger partial charge on any atom is 0.309 e. The average molecular weight is 207 g/mol. The van der Waals surface area contributed by atoms with Crippen LogP contribution in [0, 0.1) is 5.92 Å². The topological polar surface area (TPSA) is 70.4 Å². The second-order valence-electron chi connectivity index (χ2n) is 3.20. The average Bonchev–Trinajstić information content (AvgIpc) is 2.26. The molecule has 0 saturated carbocycles.